The fourth-order valence-corrected chi connectivity index (χ4v) is 4.56. The Kier molecular flexibility index (Phi) is 5.09. The maximum atomic E-state index is 12.4. The molecule has 2 heterocycles. The van der Waals surface area contributed by atoms with E-state index in [4.69, 9.17) is 4.98 Å². The molecule has 2 aromatic carbocycles. The highest BCUT2D eigenvalue weighted by molar-refractivity contribution is 7.22. The third-order valence-electron chi connectivity index (χ3n) is 4.80. The number of aryl methyl sites for hydroxylation is 2. The number of nitrogens with one attached hydrogen (secondary N) is 1. The molecule has 0 aliphatic carbocycles. The highest BCUT2D eigenvalue weighted by Gasteiger charge is 2.21. The van der Waals surface area contributed by atoms with Crippen molar-refractivity contribution >= 4 is 38.3 Å². The molecule has 27 heavy (non-hydrogen) atoms. The molecule has 1 saturated heterocycles. The van der Waals surface area contributed by atoms with Gasteiger partial charge >= 0.3 is 0 Å². The molecule has 0 spiro atoms. The van der Waals surface area contributed by atoms with Crippen LogP contribution in [0.1, 0.15) is 11.1 Å². The Hall–Kier alpha value is -2.44. The number of carbonyl (C=O) groups is 1. The summed E-state index contributed by atoms with van der Waals surface area (Å²) in [4.78, 5) is 21.7. The standard InChI is InChI=1S/C21H24N4OS/c1-15-11-16(2)13-17(12-15)22-20(26)14-24-7-9-25(10-8-24)21-23-18-5-3-4-6-19(18)27-21/h3-6,11-13H,7-10,14H2,1-2H3,(H,22,26). The molecule has 0 unspecified atom stereocenters. The number of hydrogen-bond donors (Lipinski definition) is 1. The van der Waals surface area contributed by atoms with E-state index in [1.54, 1.807) is 11.3 Å². The average Bonchev–Trinajstić information content (AvgIpc) is 3.05. The van der Waals surface area contributed by atoms with Crippen LogP contribution < -0.4 is 10.2 Å². The van der Waals surface area contributed by atoms with E-state index in [0.717, 1.165) is 53.6 Å². The first-order valence-corrected chi connectivity index (χ1v) is 10.1. The van der Waals surface area contributed by atoms with E-state index in [2.05, 4.69) is 39.4 Å². The van der Waals surface area contributed by atoms with Gasteiger partial charge in [-0.3, -0.25) is 9.69 Å². The summed E-state index contributed by atoms with van der Waals surface area (Å²) in [6.45, 7) is 8.06. The molecule has 1 aliphatic heterocycles. The highest BCUT2D eigenvalue weighted by Crippen LogP contribution is 2.29. The van der Waals surface area contributed by atoms with Gasteiger partial charge in [-0.1, -0.05) is 29.5 Å². The zero-order valence-corrected chi connectivity index (χ0v) is 16.6. The van der Waals surface area contributed by atoms with Crippen LogP contribution in [0.3, 0.4) is 0 Å². The lowest BCUT2D eigenvalue weighted by atomic mass is 10.1. The van der Waals surface area contributed by atoms with Crippen LogP contribution in [-0.2, 0) is 4.79 Å². The summed E-state index contributed by atoms with van der Waals surface area (Å²) in [7, 11) is 0. The molecule has 0 saturated carbocycles. The fraction of sp³-hybridized carbons (Fsp3) is 0.333. The molecule has 1 aromatic heterocycles. The van der Waals surface area contributed by atoms with E-state index in [-0.39, 0.29) is 5.91 Å². The zero-order chi connectivity index (χ0) is 18.8. The first kappa shape index (κ1) is 17.9. The number of nitrogens with zero attached hydrogens (tertiary/aromatic N) is 3. The number of carbonyl (C=O) groups excluding carboxylic acids is 1. The van der Waals surface area contributed by atoms with Crippen molar-refractivity contribution < 1.29 is 4.79 Å². The molecule has 1 aliphatic rings. The van der Waals surface area contributed by atoms with Gasteiger partial charge in [-0.05, 0) is 49.2 Å². The Morgan fingerprint density at radius 3 is 2.48 bits per heavy atom. The number of thiazole rings is 1. The van der Waals surface area contributed by atoms with E-state index >= 15 is 0 Å². The van der Waals surface area contributed by atoms with E-state index in [0.29, 0.717) is 6.54 Å². The molecule has 140 valence electrons. The minimum Gasteiger partial charge on any atom is -0.345 e. The van der Waals surface area contributed by atoms with Gasteiger partial charge in [0.15, 0.2) is 5.13 Å². The average molecular weight is 381 g/mol. The Bertz CT molecular complexity index is 906. The largest absolute Gasteiger partial charge is 0.345 e. The van der Waals surface area contributed by atoms with Gasteiger partial charge < -0.3 is 10.2 Å². The van der Waals surface area contributed by atoms with Crippen molar-refractivity contribution in [2.45, 2.75) is 13.8 Å². The SMILES string of the molecule is Cc1cc(C)cc(NC(=O)CN2CCN(c3nc4ccccc4s3)CC2)c1. The van der Waals surface area contributed by atoms with Gasteiger partial charge in [0.2, 0.25) is 5.91 Å². The normalized spacial score (nSPS) is 15.3. The van der Waals surface area contributed by atoms with Crippen molar-refractivity contribution in [1.29, 1.82) is 0 Å². The van der Waals surface area contributed by atoms with Crippen LogP contribution in [-0.4, -0.2) is 48.5 Å². The first-order valence-electron chi connectivity index (χ1n) is 9.28. The molecule has 1 N–H and O–H groups in total. The van der Waals surface area contributed by atoms with Gasteiger partial charge in [0, 0.05) is 31.9 Å². The highest BCUT2D eigenvalue weighted by atomic mass is 32.1. The lowest BCUT2D eigenvalue weighted by Gasteiger charge is -2.34. The molecule has 0 radical (unpaired) electrons. The number of rotatable bonds is 4. The molecule has 5 nitrogen and oxygen atoms in total. The smallest absolute Gasteiger partial charge is 0.238 e. The quantitative estimate of drug-likeness (QED) is 0.750. The monoisotopic (exact) mass is 380 g/mol. The van der Waals surface area contributed by atoms with Crippen LogP contribution in [0.4, 0.5) is 10.8 Å². The van der Waals surface area contributed by atoms with Gasteiger partial charge in [0.1, 0.15) is 0 Å². The molecule has 4 rings (SSSR count). The number of piperazine rings is 1. The number of anilines is 2. The summed E-state index contributed by atoms with van der Waals surface area (Å²) in [5, 5.41) is 4.11. The number of benzene rings is 2. The predicted octanol–water partition coefficient (Wildman–Crippen LogP) is 3.67. The van der Waals surface area contributed by atoms with Crippen molar-refractivity contribution in [3.05, 3.63) is 53.6 Å². The second-order valence-electron chi connectivity index (χ2n) is 7.15. The van der Waals surface area contributed by atoms with Gasteiger partial charge in [-0.15, -0.1) is 0 Å². The number of hydrogen-bond acceptors (Lipinski definition) is 5. The topological polar surface area (TPSA) is 48.5 Å². The van der Waals surface area contributed by atoms with Crippen molar-refractivity contribution in [3.8, 4) is 0 Å². The summed E-state index contributed by atoms with van der Waals surface area (Å²) in [5.74, 6) is 0.0495. The number of aromatic nitrogens is 1. The zero-order valence-electron chi connectivity index (χ0n) is 15.7. The summed E-state index contributed by atoms with van der Waals surface area (Å²) < 4.78 is 1.22. The van der Waals surface area contributed by atoms with Crippen LogP contribution in [0.25, 0.3) is 10.2 Å². The van der Waals surface area contributed by atoms with E-state index in [9.17, 15) is 4.79 Å². The van der Waals surface area contributed by atoms with Crippen LogP contribution in [0.15, 0.2) is 42.5 Å². The Morgan fingerprint density at radius 2 is 1.78 bits per heavy atom. The molecule has 3 aromatic rings. The molecule has 1 amide bonds. The van der Waals surface area contributed by atoms with Gasteiger partial charge in [-0.25, -0.2) is 4.98 Å². The van der Waals surface area contributed by atoms with Gasteiger partial charge in [-0.2, -0.15) is 0 Å². The number of fused-ring (bicyclic) bond motifs is 1. The summed E-state index contributed by atoms with van der Waals surface area (Å²) in [6.07, 6.45) is 0. The van der Waals surface area contributed by atoms with Crippen molar-refractivity contribution in [1.82, 2.24) is 9.88 Å². The minimum absolute atomic E-state index is 0.0495. The third-order valence-corrected chi connectivity index (χ3v) is 5.90. The van der Waals surface area contributed by atoms with Gasteiger partial charge in [0.25, 0.3) is 0 Å². The molecule has 0 atom stereocenters. The van der Waals surface area contributed by atoms with Crippen LogP contribution in [0, 0.1) is 13.8 Å². The Labute approximate surface area is 163 Å². The van der Waals surface area contributed by atoms with Crippen LogP contribution in [0.2, 0.25) is 0 Å². The van der Waals surface area contributed by atoms with Crippen molar-refractivity contribution in [2.24, 2.45) is 0 Å². The third kappa shape index (κ3) is 4.28. The maximum Gasteiger partial charge on any atom is 0.238 e. The minimum atomic E-state index is 0.0495. The van der Waals surface area contributed by atoms with Crippen molar-refractivity contribution in [3.63, 3.8) is 0 Å². The Morgan fingerprint density at radius 1 is 1.07 bits per heavy atom. The molecular weight excluding hydrogens is 356 g/mol. The summed E-state index contributed by atoms with van der Waals surface area (Å²) >= 11 is 1.74. The molecule has 1 fully saturated rings. The predicted molar refractivity (Wildman–Crippen MR) is 113 cm³/mol. The number of amides is 1. The van der Waals surface area contributed by atoms with Gasteiger partial charge in [0.05, 0.1) is 16.8 Å². The molecular formula is C21H24N4OS. The second-order valence-corrected chi connectivity index (χ2v) is 8.16. The van der Waals surface area contributed by atoms with Crippen LogP contribution >= 0.6 is 11.3 Å². The van der Waals surface area contributed by atoms with E-state index < -0.39 is 0 Å². The Balaban J connectivity index is 1.31. The summed E-state index contributed by atoms with van der Waals surface area (Å²) in [5.41, 5.74) is 4.27. The second kappa shape index (κ2) is 7.66. The van der Waals surface area contributed by atoms with E-state index in [1.807, 2.05) is 32.0 Å². The lowest BCUT2D eigenvalue weighted by molar-refractivity contribution is -0.117. The molecule has 6 heteroatoms. The lowest BCUT2D eigenvalue weighted by Crippen LogP contribution is -2.48. The van der Waals surface area contributed by atoms with E-state index in [1.165, 1.54) is 4.70 Å². The maximum absolute atomic E-state index is 12.4. The molecule has 0 bridgehead atoms. The summed E-state index contributed by atoms with van der Waals surface area (Å²) in [6, 6.07) is 14.4. The first-order chi connectivity index (χ1) is 13.1. The fourth-order valence-electron chi connectivity index (χ4n) is 3.54. The number of para-hydroxylation sites is 1. The van der Waals surface area contributed by atoms with Crippen LogP contribution in [0.5, 0.6) is 0 Å². The van der Waals surface area contributed by atoms with Crippen molar-refractivity contribution in [2.75, 3.05) is 42.9 Å².